The van der Waals surface area contributed by atoms with E-state index in [-0.39, 0.29) is 16.9 Å². The molecule has 0 saturated heterocycles. The summed E-state index contributed by atoms with van der Waals surface area (Å²) in [6, 6.07) is 5.15. The Morgan fingerprint density at radius 1 is 0.781 bits per heavy atom. The van der Waals surface area contributed by atoms with Gasteiger partial charge in [0.25, 0.3) is 0 Å². The van der Waals surface area contributed by atoms with E-state index in [0.717, 1.165) is 37.7 Å². The molecule has 0 amide bonds. The molecule has 0 atom stereocenters. The van der Waals surface area contributed by atoms with Crippen LogP contribution in [-0.2, 0) is 16.0 Å². The molecule has 5 nitrogen and oxygen atoms in total. The van der Waals surface area contributed by atoms with Crippen LogP contribution in [0.1, 0.15) is 131 Å². The topological polar surface area (TPSA) is 80.7 Å². The van der Waals surface area contributed by atoms with Crippen LogP contribution in [0.5, 0.6) is 0 Å². The van der Waals surface area contributed by atoms with E-state index in [1.165, 1.54) is 58.8 Å². The third-order valence-corrected chi connectivity index (χ3v) is 5.12. The third-order valence-electron chi connectivity index (χ3n) is 5.12. The lowest BCUT2D eigenvalue weighted by Crippen LogP contribution is -2.15. The van der Waals surface area contributed by atoms with Crippen LogP contribution in [0, 0.1) is 0 Å². The van der Waals surface area contributed by atoms with Gasteiger partial charge in [0.2, 0.25) is 0 Å². The molecule has 0 bridgehead atoms. The molecule has 0 spiro atoms. The number of carboxylic acid groups (broad SMARTS) is 1. The van der Waals surface area contributed by atoms with Gasteiger partial charge in [0.1, 0.15) is 5.78 Å². The molecular formula is C27H44O5. The monoisotopic (exact) mass is 448 g/mol. The number of Topliss-reactive ketones (excluding diaryl/α,β-unsaturated/α-hetero) is 1. The van der Waals surface area contributed by atoms with Gasteiger partial charge in [0.15, 0.2) is 0 Å². The summed E-state index contributed by atoms with van der Waals surface area (Å²) in [6.45, 7) is 7.78. The Morgan fingerprint density at radius 2 is 1.28 bits per heavy atom. The molecular weight excluding hydrogens is 404 g/mol. The van der Waals surface area contributed by atoms with Crippen molar-refractivity contribution in [3.63, 3.8) is 0 Å². The van der Waals surface area contributed by atoms with Crippen molar-refractivity contribution >= 4 is 17.7 Å². The Bertz CT molecular complexity index is 662. The summed E-state index contributed by atoms with van der Waals surface area (Å²) in [5.74, 6) is -1.40. The summed E-state index contributed by atoms with van der Waals surface area (Å²) >= 11 is 0. The van der Waals surface area contributed by atoms with Crippen LogP contribution < -0.4 is 0 Å². The van der Waals surface area contributed by atoms with Gasteiger partial charge in [0, 0.05) is 0 Å². The molecule has 0 aliphatic heterocycles. The molecule has 1 aromatic carbocycles. The average molecular weight is 449 g/mol. The van der Waals surface area contributed by atoms with Gasteiger partial charge >= 0.3 is 11.9 Å². The average Bonchev–Trinajstić information content (AvgIpc) is 2.74. The van der Waals surface area contributed by atoms with Crippen LogP contribution in [0.3, 0.4) is 0 Å². The fourth-order valence-electron chi connectivity index (χ4n) is 3.45. The SMILES string of the molecule is CC(C)=O.CCCCCCCCOC(=O)c1cccc(CCCCCCCC)c1C(=O)O. The number of benzene rings is 1. The number of hydrogen-bond acceptors (Lipinski definition) is 4. The van der Waals surface area contributed by atoms with Gasteiger partial charge in [0.05, 0.1) is 17.7 Å². The number of carbonyl (C=O) groups excluding carboxylic acids is 2. The first-order chi connectivity index (χ1) is 15.3. The molecule has 0 aromatic heterocycles. The summed E-state index contributed by atoms with van der Waals surface area (Å²) < 4.78 is 5.35. The minimum absolute atomic E-state index is 0.115. The predicted octanol–water partition coefficient (Wildman–Crippen LogP) is 7.40. The third kappa shape index (κ3) is 14.8. The standard InChI is InChI=1S/C24H38O4.C3H6O/c1-3-5-7-9-11-13-16-20-17-15-18-21(22(20)23(25)26)24(27)28-19-14-12-10-8-6-4-2;1-3(2)4/h15,17-18H,3-14,16,19H2,1-2H3,(H,25,26);1-2H3. The lowest BCUT2D eigenvalue weighted by molar-refractivity contribution is -0.115. The van der Waals surface area contributed by atoms with Gasteiger partial charge in [-0.1, -0.05) is 90.2 Å². The van der Waals surface area contributed by atoms with Gasteiger partial charge in [-0.15, -0.1) is 0 Å². The molecule has 1 aromatic rings. The Kier molecular flexibility index (Phi) is 18.2. The summed E-state index contributed by atoms with van der Waals surface area (Å²) in [5.41, 5.74) is 1.03. The molecule has 32 heavy (non-hydrogen) atoms. The Labute approximate surface area is 194 Å². The molecule has 5 heteroatoms. The minimum atomic E-state index is -1.05. The predicted molar refractivity (Wildman–Crippen MR) is 130 cm³/mol. The molecule has 182 valence electrons. The zero-order chi connectivity index (χ0) is 24.2. The van der Waals surface area contributed by atoms with Crippen LogP contribution in [-0.4, -0.2) is 29.4 Å². The number of esters is 1. The van der Waals surface area contributed by atoms with Crippen LogP contribution >= 0.6 is 0 Å². The zero-order valence-corrected chi connectivity index (χ0v) is 20.7. The molecule has 0 heterocycles. The van der Waals surface area contributed by atoms with Crippen molar-refractivity contribution in [1.82, 2.24) is 0 Å². The lowest BCUT2D eigenvalue weighted by atomic mass is 9.96. The molecule has 1 rings (SSSR count). The Balaban J connectivity index is 0.00000220. The summed E-state index contributed by atoms with van der Waals surface area (Å²) in [4.78, 5) is 33.7. The van der Waals surface area contributed by atoms with E-state index >= 15 is 0 Å². The summed E-state index contributed by atoms with van der Waals surface area (Å²) in [5, 5.41) is 9.65. The molecule has 0 aliphatic rings. The summed E-state index contributed by atoms with van der Waals surface area (Å²) in [6.07, 6.45) is 14.3. The molecule has 0 aliphatic carbocycles. The van der Waals surface area contributed by atoms with Gasteiger partial charge in [-0.25, -0.2) is 9.59 Å². The van der Waals surface area contributed by atoms with Gasteiger partial charge in [-0.3, -0.25) is 0 Å². The number of unbranched alkanes of at least 4 members (excludes halogenated alkanes) is 10. The van der Waals surface area contributed by atoms with E-state index in [9.17, 15) is 19.5 Å². The fraction of sp³-hybridized carbons (Fsp3) is 0.667. The highest BCUT2D eigenvalue weighted by Gasteiger charge is 2.21. The van der Waals surface area contributed by atoms with E-state index in [4.69, 9.17) is 4.74 Å². The molecule has 0 saturated carbocycles. The van der Waals surface area contributed by atoms with Crippen molar-refractivity contribution in [2.45, 2.75) is 111 Å². The van der Waals surface area contributed by atoms with E-state index in [1.54, 1.807) is 12.1 Å². The molecule has 1 N–H and O–H groups in total. The first-order valence-electron chi connectivity index (χ1n) is 12.3. The molecule has 0 fully saturated rings. The Morgan fingerprint density at radius 3 is 1.81 bits per heavy atom. The number of hydrogen-bond donors (Lipinski definition) is 1. The highest BCUT2D eigenvalue weighted by atomic mass is 16.5. The smallest absolute Gasteiger partial charge is 0.339 e. The van der Waals surface area contributed by atoms with E-state index in [0.29, 0.717) is 13.0 Å². The number of carboxylic acids is 1. The van der Waals surface area contributed by atoms with Gasteiger partial charge in [-0.2, -0.15) is 0 Å². The lowest BCUT2D eigenvalue weighted by Gasteiger charge is -2.12. The maximum atomic E-state index is 12.4. The van der Waals surface area contributed by atoms with Crippen molar-refractivity contribution in [1.29, 1.82) is 0 Å². The van der Waals surface area contributed by atoms with Crippen molar-refractivity contribution in [3.8, 4) is 0 Å². The zero-order valence-electron chi connectivity index (χ0n) is 20.7. The van der Waals surface area contributed by atoms with Crippen molar-refractivity contribution < 1.29 is 24.2 Å². The molecule has 0 unspecified atom stereocenters. The van der Waals surface area contributed by atoms with Crippen molar-refractivity contribution in [2.24, 2.45) is 0 Å². The Hall–Kier alpha value is -2.17. The summed E-state index contributed by atoms with van der Waals surface area (Å²) in [7, 11) is 0. The van der Waals surface area contributed by atoms with Crippen LogP contribution in [0.2, 0.25) is 0 Å². The second-order valence-electron chi connectivity index (χ2n) is 8.47. The second-order valence-corrected chi connectivity index (χ2v) is 8.47. The second kappa shape index (κ2) is 19.5. The van der Waals surface area contributed by atoms with Crippen molar-refractivity contribution in [3.05, 3.63) is 34.9 Å². The van der Waals surface area contributed by atoms with Gasteiger partial charge in [-0.05, 0) is 44.7 Å². The maximum Gasteiger partial charge on any atom is 0.339 e. The first kappa shape index (κ1) is 29.8. The van der Waals surface area contributed by atoms with Crippen LogP contribution in [0.25, 0.3) is 0 Å². The highest BCUT2D eigenvalue weighted by molar-refractivity contribution is 6.03. The number of aromatic carboxylic acids is 1. The number of ketones is 1. The van der Waals surface area contributed by atoms with Crippen LogP contribution in [0.4, 0.5) is 0 Å². The number of aryl methyl sites for hydroxylation is 1. The first-order valence-corrected chi connectivity index (χ1v) is 12.3. The maximum absolute atomic E-state index is 12.4. The van der Waals surface area contributed by atoms with E-state index < -0.39 is 11.9 Å². The minimum Gasteiger partial charge on any atom is -0.478 e. The van der Waals surface area contributed by atoms with Gasteiger partial charge < -0.3 is 14.6 Å². The van der Waals surface area contributed by atoms with Crippen LogP contribution in [0.15, 0.2) is 18.2 Å². The number of ether oxygens (including phenoxy) is 1. The van der Waals surface area contributed by atoms with E-state index in [1.807, 2.05) is 6.07 Å². The number of carbonyl (C=O) groups is 3. The number of rotatable bonds is 16. The fourth-order valence-corrected chi connectivity index (χ4v) is 3.45. The van der Waals surface area contributed by atoms with Crippen molar-refractivity contribution in [2.75, 3.05) is 6.61 Å². The molecule has 0 radical (unpaired) electrons. The highest BCUT2D eigenvalue weighted by Crippen LogP contribution is 2.20. The quantitative estimate of drug-likeness (QED) is 0.210. The normalized spacial score (nSPS) is 10.2. The largest absolute Gasteiger partial charge is 0.478 e. The van der Waals surface area contributed by atoms with E-state index in [2.05, 4.69) is 13.8 Å².